The van der Waals surface area contributed by atoms with Gasteiger partial charge in [-0.3, -0.25) is 4.68 Å². The molecular formula is C12H19N5O. The van der Waals surface area contributed by atoms with Crippen molar-refractivity contribution in [3.05, 3.63) is 29.2 Å². The highest BCUT2D eigenvalue weighted by molar-refractivity contribution is 5.30. The van der Waals surface area contributed by atoms with Crippen molar-refractivity contribution in [2.75, 3.05) is 7.11 Å². The van der Waals surface area contributed by atoms with E-state index >= 15 is 0 Å². The van der Waals surface area contributed by atoms with Gasteiger partial charge >= 0.3 is 0 Å². The van der Waals surface area contributed by atoms with E-state index in [0.717, 1.165) is 35.8 Å². The maximum Gasteiger partial charge on any atom is 0.216 e. The van der Waals surface area contributed by atoms with Gasteiger partial charge in [0.25, 0.3) is 0 Å². The molecule has 1 N–H and O–H groups in total. The fourth-order valence-corrected chi connectivity index (χ4v) is 2.03. The fourth-order valence-electron chi connectivity index (χ4n) is 2.03. The van der Waals surface area contributed by atoms with Gasteiger partial charge in [-0.25, -0.2) is 4.68 Å². The molecule has 0 amide bonds. The van der Waals surface area contributed by atoms with Crippen LogP contribution >= 0.6 is 0 Å². The molecule has 0 atom stereocenters. The first-order chi connectivity index (χ1) is 8.61. The van der Waals surface area contributed by atoms with Crippen LogP contribution in [-0.4, -0.2) is 26.7 Å². The summed E-state index contributed by atoms with van der Waals surface area (Å²) in [5.74, 6) is 0.811. The van der Waals surface area contributed by atoms with Crippen molar-refractivity contribution in [1.82, 2.24) is 24.9 Å². The lowest BCUT2D eigenvalue weighted by Crippen LogP contribution is -2.13. The van der Waals surface area contributed by atoms with Crippen molar-refractivity contribution >= 4 is 0 Å². The standard InChI is InChI=1S/C12H19N5O/c1-9-11(12(18-4)17(3)15-9)7-13-5-10-6-14-16(2)8-10/h6,8,13H,5,7H2,1-4H3. The number of methoxy groups -OCH3 is 1. The molecule has 2 rings (SSSR count). The monoisotopic (exact) mass is 249 g/mol. The number of nitrogens with one attached hydrogen (secondary N) is 1. The first-order valence-corrected chi connectivity index (χ1v) is 5.86. The molecule has 0 aromatic carbocycles. The molecule has 2 aromatic rings. The number of nitrogens with zero attached hydrogens (tertiary/aromatic N) is 4. The van der Waals surface area contributed by atoms with Crippen molar-refractivity contribution in [3.8, 4) is 5.88 Å². The van der Waals surface area contributed by atoms with E-state index in [4.69, 9.17) is 4.74 Å². The zero-order chi connectivity index (χ0) is 13.1. The van der Waals surface area contributed by atoms with E-state index in [0.29, 0.717) is 0 Å². The smallest absolute Gasteiger partial charge is 0.216 e. The first kappa shape index (κ1) is 12.6. The van der Waals surface area contributed by atoms with E-state index < -0.39 is 0 Å². The minimum atomic E-state index is 0.734. The molecule has 0 unspecified atom stereocenters. The van der Waals surface area contributed by atoms with Crippen LogP contribution in [0, 0.1) is 6.92 Å². The van der Waals surface area contributed by atoms with E-state index in [1.165, 1.54) is 0 Å². The summed E-state index contributed by atoms with van der Waals surface area (Å²) in [4.78, 5) is 0. The van der Waals surface area contributed by atoms with Crippen LogP contribution in [0.2, 0.25) is 0 Å². The van der Waals surface area contributed by atoms with Crippen LogP contribution in [0.3, 0.4) is 0 Å². The van der Waals surface area contributed by atoms with Gasteiger partial charge in [-0.15, -0.1) is 0 Å². The molecule has 2 heterocycles. The Balaban J connectivity index is 1.98. The number of hydrogen-bond acceptors (Lipinski definition) is 4. The quantitative estimate of drug-likeness (QED) is 0.850. The summed E-state index contributed by atoms with van der Waals surface area (Å²) < 4.78 is 8.91. The Bertz CT molecular complexity index is 529. The number of ether oxygens (including phenoxy) is 1. The maximum atomic E-state index is 5.35. The Morgan fingerprint density at radius 3 is 2.72 bits per heavy atom. The van der Waals surface area contributed by atoms with E-state index in [-0.39, 0.29) is 0 Å². The lowest BCUT2D eigenvalue weighted by atomic mass is 10.2. The molecule has 0 aliphatic carbocycles. The lowest BCUT2D eigenvalue weighted by Gasteiger charge is -2.06. The van der Waals surface area contributed by atoms with Crippen LogP contribution in [0.15, 0.2) is 12.4 Å². The topological polar surface area (TPSA) is 56.9 Å². The van der Waals surface area contributed by atoms with Gasteiger partial charge in [-0.2, -0.15) is 10.2 Å². The number of aryl methyl sites for hydroxylation is 3. The molecule has 6 nitrogen and oxygen atoms in total. The lowest BCUT2D eigenvalue weighted by molar-refractivity contribution is 0.368. The Morgan fingerprint density at radius 2 is 2.11 bits per heavy atom. The van der Waals surface area contributed by atoms with E-state index in [1.807, 2.05) is 33.4 Å². The van der Waals surface area contributed by atoms with Crippen molar-refractivity contribution in [1.29, 1.82) is 0 Å². The average Bonchev–Trinajstić information content (AvgIpc) is 2.84. The molecule has 18 heavy (non-hydrogen) atoms. The minimum Gasteiger partial charge on any atom is -0.481 e. The molecular weight excluding hydrogens is 230 g/mol. The zero-order valence-electron chi connectivity index (χ0n) is 11.3. The number of hydrogen-bond donors (Lipinski definition) is 1. The molecule has 0 saturated heterocycles. The second-order valence-corrected chi connectivity index (χ2v) is 4.32. The van der Waals surface area contributed by atoms with E-state index in [2.05, 4.69) is 15.5 Å². The SMILES string of the molecule is COc1c(CNCc2cnn(C)c2)c(C)nn1C. The summed E-state index contributed by atoms with van der Waals surface area (Å²) >= 11 is 0. The summed E-state index contributed by atoms with van der Waals surface area (Å²) in [6.45, 7) is 3.51. The van der Waals surface area contributed by atoms with Crippen molar-refractivity contribution < 1.29 is 4.74 Å². The third kappa shape index (κ3) is 2.53. The largest absolute Gasteiger partial charge is 0.481 e. The number of rotatable bonds is 5. The molecule has 0 bridgehead atoms. The third-order valence-corrected chi connectivity index (χ3v) is 2.87. The second-order valence-electron chi connectivity index (χ2n) is 4.32. The Kier molecular flexibility index (Phi) is 3.66. The molecule has 0 saturated carbocycles. The third-order valence-electron chi connectivity index (χ3n) is 2.87. The molecule has 6 heteroatoms. The van der Waals surface area contributed by atoms with Gasteiger partial charge in [-0.1, -0.05) is 0 Å². The highest BCUT2D eigenvalue weighted by atomic mass is 16.5. The summed E-state index contributed by atoms with van der Waals surface area (Å²) in [6, 6.07) is 0. The van der Waals surface area contributed by atoms with E-state index in [9.17, 15) is 0 Å². The summed E-state index contributed by atoms with van der Waals surface area (Å²) in [5, 5.41) is 11.9. The van der Waals surface area contributed by atoms with Gasteiger partial charge in [0.15, 0.2) is 0 Å². The minimum absolute atomic E-state index is 0.734. The molecule has 98 valence electrons. The van der Waals surface area contributed by atoms with Crippen molar-refractivity contribution in [2.24, 2.45) is 14.1 Å². The molecule has 0 aliphatic rings. The van der Waals surface area contributed by atoms with Gasteiger partial charge < -0.3 is 10.1 Å². The van der Waals surface area contributed by atoms with Crippen molar-refractivity contribution in [2.45, 2.75) is 20.0 Å². The average molecular weight is 249 g/mol. The highest BCUT2D eigenvalue weighted by Crippen LogP contribution is 2.20. The van der Waals surface area contributed by atoms with Gasteiger partial charge in [0.1, 0.15) is 0 Å². The Labute approximate surface area is 107 Å². The molecule has 0 spiro atoms. The number of aromatic nitrogens is 4. The molecule has 2 aromatic heterocycles. The van der Waals surface area contributed by atoms with Gasteiger partial charge in [0.05, 0.1) is 24.6 Å². The van der Waals surface area contributed by atoms with Gasteiger partial charge in [0.2, 0.25) is 5.88 Å². The predicted molar refractivity (Wildman–Crippen MR) is 68.2 cm³/mol. The van der Waals surface area contributed by atoms with Gasteiger partial charge in [-0.05, 0) is 6.92 Å². The summed E-state index contributed by atoms with van der Waals surface area (Å²) in [5.41, 5.74) is 3.26. The second kappa shape index (κ2) is 5.22. The zero-order valence-corrected chi connectivity index (χ0v) is 11.3. The summed E-state index contributed by atoms with van der Waals surface area (Å²) in [6.07, 6.45) is 3.86. The fraction of sp³-hybridized carbons (Fsp3) is 0.500. The normalized spacial score (nSPS) is 10.9. The highest BCUT2D eigenvalue weighted by Gasteiger charge is 2.12. The Morgan fingerprint density at radius 1 is 1.33 bits per heavy atom. The molecule has 0 fully saturated rings. The Hall–Kier alpha value is -1.82. The van der Waals surface area contributed by atoms with Crippen LogP contribution in [-0.2, 0) is 27.2 Å². The molecule has 0 radical (unpaired) electrons. The summed E-state index contributed by atoms with van der Waals surface area (Å²) in [7, 11) is 5.47. The van der Waals surface area contributed by atoms with Crippen LogP contribution in [0.1, 0.15) is 16.8 Å². The molecule has 0 aliphatic heterocycles. The maximum absolute atomic E-state index is 5.35. The predicted octanol–water partition coefficient (Wildman–Crippen LogP) is 0.760. The van der Waals surface area contributed by atoms with E-state index in [1.54, 1.807) is 16.5 Å². The van der Waals surface area contributed by atoms with Crippen molar-refractivity contribution in [3.63, 3.8) is 0 Å². The van der Waals surface area contributed by atoms with Crippen LogP contribution in [0.5, 0.6) is 5.88 Å². The first-order valence-electron chi connectivity index (χ1n) is 5.86. The van der Waals surface area contributed by atoms with Gasteiger partial charge in [0, 0.05) is 38.9 Å². The van der Waals surface area contributed by atoms with Crippen LogP contribution in [0.25, 0.3) is 0 Å². The van der Waals surface area contributed by atoms with Crippen LogP contribution in [0.4, 0.5) is 0 Å². The van der Waals surface area contributed by atoms with Crippen LogP contribution < -0.4 is 10.1 Å².